The number of aliphatic hydroxyl groups is 1. The first-order valence-electron chi connectivity index (χ1n) is 7.35. The number of hydrogen-bond acceptors (Lipinski definition) is 4. The van der Waals surface area contributed by atoms with Crippen LogP contribution in [0.5, 0.6) is 0 Å². The van der Waals surface area contributed by atoms with Gasteiger partial charge in [0.25, 0.3) is 0 Å². The van der Waals surface area contributed by atoms with Gasteiger partial charge in [-0.25, -0.2) is 0 Å². The molecule has 106 valence electrons. The van der Waals surface area contributed by atoms with Crippen LogP contribution in [0.15, 0.2) is 0 Å². The van der Waals surface area contributed by atoms with E-state index in [1.807, 2.05) is 0 Å². The molecule has 2 aliphatic heterocycles. The molecule has 2 fully saturated rings. The van der Waals surface area contributed by atoms with Crippen LogP contribution in [0.2, 0.25) is 0 Å². The molecule has 0 bridgehead atoms. The molecule has 2 rings (SSSR count). The number of aliphatic hydroxyl groups excluding tert-OH is 1. The molecular weight excluding hydrogens is 232 g/mol. The summed E-state index contributed by atoms with van der Waals surface area (Å²) in [5.41, 5.74) is 0. The van der Waals surface area contributed by atoms with Gasteiger partial charge in [-0.3, -0.25) is 0 Å². The van der Waals surface area contributed by atoms with Crippen LogP contribution in [-0.2, 0) is 14.2 Å². The Kier molecular flexibility index (Phi) is 5.89. The van der Waals surface area contributed by atoms with Crippen LogP contribution in [0, 0.1) is 0 Å². The lowest BCUT2D eigenvalue weighted by molar-refractivity contribution is -0.0378. The summed E-state index contributed by atoms with van der Waals surface area (Å²) in [6, 6.07) is 0. The third kappa shape index (κ3) is 3.67. The summed E-state index contributed by atoms with van der Waals surface area (Å²) in [7, 11) is 0. The SMILES string of the molecule is CCCCCCCCO[C@H]1CO[C@H]2[C@@H]1OC[C@H]2O. The molecule has 0 aromatic rings. The zero-order chi connectivity index (χ0) is 12.8. The molecule has 0 aromatic heterocycles. The lowest BCUT2D eigenvalue weighted by atomic mass is 10.1. The largest absolute Gasteiger partial charge is 0.388 e. The van der Waals surface area contributed by atoms with Crippen molar-refractivity contribution in [1.29, 1.82) is 0 Å². The molecule has 0 saturated carbocycles. The van der Waals surface area contributed by atoms with E-state index in [-0.39, 0.29) is 18.3 Å². The maximum atomic E-state index is 9.60. The maximum Gasteiger partial charge on any atom is 0.115 e. The Morgan fingerprint density at radius 1 is 1.00 bits per heavy atom. The van der Waals surface area contributed by atoms with Crippen molar-refractivity contribution in [2.45, 2.75) is 69.9 Å². The lowest BCUT2D eigenvalue weighted by Crippen LogP contribution is -2.33. The number of unbranched alkanes of at least 4 members (excludes halogenated alkanes) is 5. The van der Waals surface area contributed by atoms with Crippen molar-refractivity contribution in [2.24, 2.45) is 0 Å². The molecule has 2 aliphatic rings. The van der Waals surface area contributed by atoms with E-state index in [4.69, 9.17) is 14.2 Å². The standard InChI is InChI=1S/C14H26O4/c1-2-3-4-5-6-7-8-16-12-10-18-13-11(15)9-17-14(12)13/h11-15H,2-10H2,1H3/t11-,12+,13-,14-/m1/s1. The predicted molar refractivity (Wildman–Crippen MR) is 68.6 cm³/mol. The van der Waals surface area contributed by atoms with Gasteiger partial charge in [-0.15, -0.1) is 0 Å². The molecule has 0 radical (unpaired) electrons. The maximum absolute atomic E-state index is 9.60. The molecule has 2 saturated heterocycles. The zero-order valence-electron chi connectivity index (χ0n) is 11.3. The molecule has 2 heterocycles. The molecule has 18 heavy (non-hydrogen) atoms. The van der Waals surface area contributed by atoms with Crippen LogP contribution < -0.4 is 0 Å². The second-order valence-electron chi connectivity index (χ2n) is 5.34. The van der Waals surface area contributed by atoms with Crippen LogP contribution in [0.25, 0.3) is 0 Å². The summed E-state index contributed by atoms with van der Waals surface area (Å²) < 4.78 is 16.8. The van der Waals surface area contributed by atoms with E-state index in [1.54, 1.807) is 0 Å². The lowest BCUT2D eigenvalue weighted by Gasteiger charge is -2.16. The normalized spacial score (nSPS) is 35.0. The van der Waals surface area contributed by atoms with E-state index < -0.39 is 6.10 Å². The summed E-state index contributed by atoms with van der Waals surface area (Å²) in [4.78, 5) is 0. The molecule has 1 N–H and O–H groups in total. The molecule has 0 aromatic carbocycles. The highest BCUT2D eigenvalue weighted by Crippen LogP contribution is 2.28. The second-order valence-corrected chi connectivity index (χ2v) is 5.34. The minimum absolute atomic E-state index is 0.0165. The van der Waals surface area contributed by atoms with Crippen molar-refractivity contribution in [3.05, 3.63) is 0 Å². The third-order valence-corrected chi connectivity index (χ3v) is 3.81. The number of rotatable bonds is 8. The Morgan fingerprint density at radius 2 is 1.72 bits per heavy atom. The molecule has 0 aliphatic carbocycles. The van der Waals surface area contributed by atoms with Crippen molar-refractivity contribution in [2.75, 3.05) is 19.8 Å². The molecular formula is C14H26O4. The Balaban J connectivity index is 1.52. The van der Waals surface area contributed by atoms with Gasteiger partial charge in [-0.2, -0.15) is 0 Å². The molecule has 4 heteroatoms. The molecule has 0 unspecified atom stereocenters. The van der Waals surface area contributed by atoms with Gasteiger partial charge in [0, 0.05) is 6.61 Å². The highest BCUT2D eigenvalue weighted by Gasteiger charge is 2.47. The Bertz CT molecular complexity index is 234. The topological polar surface area (TPSA) is 47.9 Å². The average molecular weight is 258 g/mol. The van der Waals surface area contributed by atoms with Crippen molar-refractivity contribution >= 4 is 0 Å². The molecule has 0 amide bonds. The Labute approximate surface area is 110 Å². The smallest absolute Gasteiger partial charge is 0.115 e. The zero-order valence-corrected chi connectivity index (χ0v) is 11.3. The van der Waals surface area contributed by atoms with Crippen LogP contribution in [0.4, 0.5) is 0 Å². The van der Waals surface area contributed by atoms with Gasteiger partial charge in [-0.1, -0.05) is 39.0 Å². The predicted octanol–water partition coefficient (Wildman–Crippen LogP) is 1.89. The fourth-order valence-electron chi connectivity index (χ4n) is 2.70. The summed E-state index contributed by atoms with van der Waals surface area (Å²) >= 11 is 0. The monoisotopic (exact) mass is 258 g/mol. The van der Waals surface area contributed by atoms with E-state index in [9.17, 15) is 5.11 Å². The first kappa shape index (κ1) is 14.3. The van der Waals surface area contributed by atoms with Crippen LogP contribution >= 0.6 is 0 Å². The van der Waals surface area contributed by atoms with Crippen molar-refractivity contribution < 1.29 is 19.3 Å². The van der Waals surface area contributed by atoms with Gasteiger partial charge in [-0.05, 0) is 6.42 Å². The van der Waals surface area contributed by atoms with Gasteiger partial charge in [0.15, 0.2) is 0 Å². The van der Waals surface area contributed by atoms with Gasteiger partial charge >= 0.3 is 0 Å². The van der Waals surface area contributed by atoms with Gasteiger partial charge < -0.3 is 19.3 Å². The minimum Gasteiger partial charge on any atom is -0.388 e. The Morgan fingerprint density at radius 3 is 2.56 bits per heavy atom. The van der Waals surface area contributed by atoms with E-state index in [0.717, 1.165) is 13.0 Å². The quantitative estimate of drug-likeness (QED) is 0.675. The average Bonchev–Trinajstić information content (AvgIpc) is 2.93. The summed E-state index contributed by atoms with van der Waals surface area (Å²) in [6.07, 6.45) is 6.94. The van der Waals surface area contributed by atoms with Crippen LogP contribution in [0.3, 0.4) is 0 Å². The van der Waals surface area contributed by atoms with E-state index in [1.165, 1.54) is 32.1 Å². The Hall–Kier alpha value is -0.160. The fourth-order valence-corrected chi connectivity index (χ4v) is 2.70. The fraction of sp³-hybridized carbons (Fsp3) is 1.00. The minimum atomic E-state index is -0.474. The number of ether oxygens (including phenoxy) is 3. The van der Waals surface area contributed by atoms with Crippen molar-refractivity contribution in [1.82, 2.24) is 0 Å². The first-order valence-corrected chi connectivity index (χ1v) is 7.35. The van der Waals surface area contributed by atoms with Crippen molar-refractivity contribution in [3.63, 3.8) is 0 Å². The third-order valence-electron chi connectivity index (χ3n) is 3.81. The van der Waals surface area contributed by atoms with Crippen molar-refractivity contribution in [3.8, 4) is 0 Å². The molecule has 4 nitrogen and oxygen atoms in total. The van der Waals surface area contributed by atoms with Crippen LogP contribution in [0.1, 0.15) is 45.4 Å². The highest BCUT2D eigenvalue weighted by atomic mass is 16.6. The second kappa shape index (κ2) is 7.43. The van der Waals surface area contributed by atoms with E-state index in [2.05, 4.69) is 6.92 Å². The number of hydrogen-bond donors (Lipinski definition) is 1. The van der Waals surface area contributed by atoms with Gasteiger partial charge in [0.1, 0.15) is 24.4 Å². The van der Waals surface area contributed by atoms with Gasteiger partial charge in [0.2, 0.25) is 0 Å². The van der Waals surface area contributed by atoms with Gasteiger partial charge in [0.05, 0.1) is 13.2 Å². The molecule has 4 atom stereocenters. The summed E-state index contributed by atoms with van der Waals surface area (Å²) in [5, 5.41) is 9.60. The number of fused-ring (bicyclic) bond motifs is 1. The van der Waals surface area contributed by atoms with Crippen LogP contribution in [-0.4, -0.2) is 49.3 Å². The van der Waals surface area contributed by atoms with E-state index in [0.29, 0.717) is 13.2 Å². The highest BCUT2D eigenvalue weighted by molar-refractivity contribution is 4.94. The first-order chi connectivity index (χ1) is 8.83. The summed E-state index contributed by atoms with van der Waals surface area (Å²) in [5.74, 6) is 0. The molecule has 0 spiro atoms. The van der Waals surface area contributed by atoms with E-state index >= 15 is 0 Å². The summed E-state index contributed by atoms with van der Waals surface area (Å²) in [6.45, 7) is 3.95.